The highest BCUT2D eigenvalue weighted by Crippen LogP contribution is 2.31. The Balaban J connectivity index is 1.48. The van der Waals surface area contributed by atoms with Crippen LogP contribution in [0.3, 0.4) is 0 Å². The molecular weight excluding hydrogens is 359 g/mol. The maximum absolute atomic E-state index is 13.0. The van der Waals surface area contributed by atoms with E-state index in [4.69, 9.17) is 9.72 Å². The van der Waals surface area contributed by atoms with E-state index in [9.17, 15) is 9.18 Å². The van der Waals surface area contributed by atoms with Gasteiger partial charge in [-0.1, -0.05) is 6.07 Å². The van der Waals surface area contributed by atoms with Crippen LogP contribution in [0.5, 0.6) is 5.75 Å². The van der Waals surface area contributed by atoms with Gasteiger partial charge in [0.25, 0.3) is 5.91 Å². The SMILES string of the molecule is Cc1nccn1-c1cccc([C@H]2CCCN2C(=O)COc2ccc(F)cc2)n1. The molecule has 0 spiro atoms. The second-order valence-electron chi connectivity index (χ2n) is 6.75. The van der Waals surface area contributed by atoms with E-state index in [1.807, 2.05) is 40.8 Å². The number of hydrogen-bond acceptors (Lipinski definition) is 4. The lowest BCUT2D eigenvalue weighted by atomic mass is 10.1. The zero-order valence-corrected chi connectivity index (χ0v) is 15.6. The van der Waals surface area contributed by atoms with Crippen LogP contribution in [0.2, 0.25) is 0 Å². The van der Waals surface area contributed by atoms with Crippen LogP contribution < -0.4 is 4.74 Å². The fraction of sp³-hybridized carbons (Fsp3) is 0.286. The standard InChI is InChI=1S/C21H21FN4O2/c1-15-23-11-13-25(15)20-6-2-4-18(24-20)19-5-3-12-26(19)21(27)14-28-17-9-7-16(22)8-10-17/h2,4,6-11,13,19H,3,5,12,14H2,1H3/t19-/m1/s1. The maximum Gasteiger partial charge on any atom is 0.261 e. The van der Waals surface area contributed by atoms with Crippen molar-refractivity contribution in [3.63, 3.8) is 0 Å². The number of pyridine rings is 1. The topological polar surface area (TPSA) is 60.2 Å². The van der Waals surface area contributed by atoms with E-state index in [1.165, 1.54) is 24.3 Å². The van der Waals surface area contributed by atoms with Crippen molar-refractivity contribution in [2.45, 2.75) is 25.8 Å². The first-order valence-corrected chi connectivity index (χ1v) is 9.27. The van der Waals surface area contributed by atoms with E-state index >= 15 is 0 Å². The summed E-state index contributed by atoms with van der Waals surface area (Å²) in [5.41, 5.74) is 0.859. The third-order valence-electron chi connectivity index (χ3n) is 4.92. The zero-order valence-electron chi connectivity index (χ0n) is 15.6. The lowest BCUT2D eigenvalue weighted by molar-refractivity contribution is -0.134. The molecule has 6 nitrogen and oxygen atoms in total. The summed E-state index contributed by atoms with van der Waals surface area (Å²) in [7, 11) is 0. The van der Waals surface area contributed by atoms with E-state index in [0.29, 0.717) is 12.3 Å². The molecule has 2 aromatic heterocycles. The molecule has 0 unspecified atom stereocenters. The normalized spacial score (nSPS) is 16.4. The average Bonchev–Trinajstić information content (AvgIpc) is 3.36. The van der Waals surface area contributed by atoms with Gasteiger partial charge in [-0.25, -0.2) is 14.4 Å². The molecule has 144 valence electrons. The Morgan fingerprint density at radius 1 is 1.25 bits per heavy atom. The van der Waals surface area contributed by atoms with Gasteiger partial charge >= 0.3 is 0 Å². The van der Waals surface area contributed by atoms with Crippen molar-refractivity contribution in [1.82, 2.24) is 19.4 Å². The summed E-state index contributed by atoms with van der Waals surface area (Å²) in [4.78, 5) is 23.5. The first kappa shape index (κ1) is 18.2. The van der Waals surface area contributed by atoms with E-state index in [1.54, 1.807) is 6.20 Å². The van der Waals surface area contributed by atoms with E-state index in [2.05, 4.69) is 4.98 Å². The molecule has 0 bridgehead atoms. The maximum atomic E-state index is 13.0. The van der Waals surface area contributed by atoms with Gasteiger partial charge in [0.2, 0.25) is 0 Å². The number of carbonyl (C=O) groups excluding carboxylic acids is 1. The minimum absolute atomic E-state index is 0.0758. The van der Waals surface area contributed by atoms with Crippen molar-refractivity contribution in [2.75, 3.05) is 13.2 Å². The van der Waals surface area contributed by atoms with Crippen molar-refractivity contribution in [1.29, 1.82) is 0 Å². The summed E-state index contributed by atoms with van der Waals surface area (Å²) in [6.45, 7) is 2.52. The summed E-state index contributed by atoms with van der Waals surface area (Å²) in [6, 6.07) is 11.4. The third kappa shape index (κ3) is 3.74. The zero-order chi connectivity index (χ0) is 19.5. The summed E-state index contributed by atoms with van der Waals surface area (Å²) in [5.74, 6) is 1.68. The van der Waals surface area contributed by atoms with Gasteiger partial charge in [-0.05, 0) is 56.2 Å². The molecule has 1 aliphatic rings. The second-order valence-corrected chi connectivity index (χ2v) is 6.75. The molecular formula is C21H21FN4O2. The largest absolute Gasteiger partial charge is 0.484 e. The first-order chi connectivity index (χ1) is 13.6. The number of ether oxygens (including phenoxy) is 1. The molecule has 0 N–H and O–H groups in total. The van der Waals surface area contributed by atoms with Crippen LogP contribution in [0.4, 0.5) is 4.39 Å². The number of halogens is 1. The van der Waals surface area contributed by atoms with Crippen LogP contribution in [0.25, 0.3) is 5.82 Å². The number of hydrogen-bond donors (Lipinski definition) is 0. The summed E-state index contributed by atoms with van der Waals surface area (Å²) in [5, 5.41) is 0. The Bertz CT molecular complexity index is 971. The average molecular weight is 380 g/mol. The van der Waals surface area contributed by atoms with E-state index in [-0.39, 0.29) is 24.4 Å². The first-order valence-electron chi connectivity index (χ1n) is 9.27. The molecule has 1 atom stereocenters. The smallest absolute Gasteiger partial charge is 0.261 e. The molecule has 3 heterocycles. The molecule has 7 heteroatoms. The monoisotopic (exact) mass is 380 g/mol. The fourth-order valence-electron chi connectivity index (χ4n) is 3.51. The molecule has 28 heavy (non-hydrogen) atoms. The van der Waals surface area contributed by atoms with Gasteiger partial charge in [0.05, 0.1) is 11.7 Å². The molecule has 0 radical (unpaired) electrons. The van der Waals surface area contributed by atoms with Crippen LogP contribution in [0.1, 0.15) is 30.4 Å². The highest BCUT2D eigenvalue weighted by molar-refractivity contribution is 5.78. The predicted octanol–water partition coefficient (Wildman–Crippen LogP) is 3.46. The summed E-state index contributed by atoms with van der Waals surface area (Å²) >= 11 is 0. The van der Waals surface area contributed by atoms with Gasteiger partial charge < -0.3 is 9.64 Å². The molecule has 0 saturated carbocycles. The quantitative estimate of drug-likeness (QED) is 0.680. The number of nitrogens with zero attached hydrogens (tertiary/aromatic N) is 4. The number of benzene rings is 1. The molecule has 1 saturated heterocycles. The summed E-state index contributed by atoms with van der Waals surface area (Å²) in [6.07, 6.45) is 5.39. The Hall–Kier alpha value is -3.22. The lowest BCUT2D eigenvalue weighted by Crippen LogP contribution is -2.34. The number of aromatic nitrogens is 3. The number of rotatable bonds is 5. The van der Waals surface area contributed by atoms with Crippen LogP contribution in [-0.4, -0.2) is 38.5 Å². The number of likely N-dealkylation sites (tertiary alicyclic amines) is 1. The van der Waals surface area contributed by atoms with Crippen molar-refractivity contribution < 1.29 is 13.9 Å². The van der Waals surface area contributed by atoms with Crippen LogP contribution in [0.15, 0.2) is 54.9 Å². The van der Waals surface area contributed by atoms with Gasteiger partial charge in [-0.2, -0.15) is 0 Å². The molecule has 4 rings (SSSR count). The van der Waals surface area contributed by atoms with Gasteiger partial charge in [0.15, 0.2) is 6.61 Å². The van der Waals surface area contributed by atoms with Gasteiger partial charge in [-0.15, -0.1) is 0 Å². The number of amides is 1. The van der Waals surface area contributed by atoms with Crippen LogP contribution >= 0.6 is 0 Å². The molecule has 1 fully saturated rings. The van der Waals surface area contributed by atoms with Crippen molar-refractivity contribution in [3.05, 3.63) is 72.2 Å². The Morgan fingerprint density at radius 3 is 2.82 bits per heavy atom. The van der Waals surface area contributed by atoms with Gasteiger partial charge in [0, 0.05) is 18.9 Å². The minimum Gasteiger partial charge on any atom is -0.484 e. The molecule has 1 amide bonds. The number of carbonyl (C=O) groups is 1. The highest BCUT2D eigenvalue weighted by atomic mass is 19.1. The molecule has 1 aliphatic heterocycles. The molecule has 1 aromatic carbocycles. The Morgan fingerprint density at radius 2 is 2.07 bits per heavy atom. The molecule has 0 aliphatic carbocycles. The summed E-state index contributed by atoms with van der Waals surface area (Å²) < 4.78 is 20.4. The molecule has 3 aromatic rings. The third-order valence-corrected chi connectivity index (χ3v) is 4.92. The lowest BCUT2D eigenvalue weighted by Gasteiger charge is -2.24. The van der Waals surface area contributed by atoms with Crippen molar-refractivity contribution in [3.8, 4) is 11.6 Å². The van der Waals surface area contributed by atoms with E-state index in [0.717, 1.165) is 30.2 Å². The highest BCUT2D eigenvalue weighted by Gasteiger charge is 2.31. The van der Waals surface area contributed by atoms with Gasteiger partial charge in [-0.3, -0.25) is 9.36 Å². The Labute approximate surface area is 162 Å². The van der Waals surface area contributed by atoms with Crippen molar-refractivity contribution in [2.24, 2.45) is 0 Å². The second kappa shape index (κ2) is 7.80. The number of aryl methyl sites for hydroxylation is 1. The van der Waals surface area contributed by atoms with Crippen LogP contribution in [0, 0.1) is 12.7 Å². The van der Waals surface area contributed by atoms with Crippen LogP contribution in [-0.2, 0) is 4.79 Å². The fourth-order valence-corrected chi connectivity index (χ4v) is 3.51. The predicted molar refractivity (Wildman–Crippen MR) is 102 cm³/mol. The van der Waals surface area contributed by atoms with Gasteiger partial charge in [0.1, 0.15) is 23.2 Å². The minimum atomic E-state index is -0.336. The Kier molecular flexibility index (Phi) is 5.06. The number of imidazole rings is 1. The van der Waals surface area contributed by atoms with Crippen molar-refractivity contribution >= 4 is 5.91 Å². The van der Waals surface area contributed by atoms with E-state index < -0.39 is 0 Å².